The van der Waals surface area contributed by atoms with Gasteiger partial charge in [0.2, 0.25) is 0 Å². The number of rotatable bonds is 4. The summed E-state index contributed by atoms with van der Waals surface area (Å²) >= 11 is 0. The highest BCUT2D eigenvalue weighted by molar-refractivity contribution is 6.14. The van der Waals surface area contributed by atoms with Crippen LogP contribution in [0.15, 0.2) is 73.8 Å². The summed E-state index contributed by atoms with van der Waals surface area (Å²) in [5.74, 6) is -1.95. The Morgan fingerprint density at radius 1 is 0.636 bits per heavy atom. The summed E-state index contributed by atoms with van der Waals surface area (Å²) < 4.78 is 0. The first-order chi connectivity index (χ1) is 10.4. The zero-order valence-corrected chi connectivity index (χ0v) is 11.9. The van der Waals surface area contributed by atoms with Gasteiger partial charge in [0.25, 0.3) is 0 Å². The molecule has 4 nitrogen and oxygen atoms in total. The fourth-order valence-electron chi connectivity index (χ4n) is 1.53. The molecule has 2 rings (SSSR count). The lowest BCUT2D eigenvalue weighted by Crippen LogP contribution is -1.96. The molecule has 0 aliphatic carbocycles. The largest absolute Gasteiger partial charge is 0.478 e. The maximum absolute atomic E-state index is 10.4. The van der Waals surface area contributed by atoms with Gasteiger partial charge < -0.3 is 10.2 Å². The molecular formula is C18H16O4. The number of carboxylic acids is 2. The van der Waals surface area contributed by atoms with Crippen LogP contribution in [0.1, 0.15) is 11.1 Å². The van der Waals surface area contributed by atoms with E-state index in [0.29, 0.717) is 11.1 Å². The molecule has 0 fully saturated rings. The molecule has 0 heterocycles. The highest BCUT2D eigenvalue weighted by Crippen LogP contribution is 2.11. The van der Waals surface area contributed by atoms with Crippen molar-refractivity contribution in [2.75, 3.05) is 0 Å². The molecule has 0 aromatic heterocycles. The summed E-state index contributed by atoms with van der Waals surface area (Å²) in [6.45, 7) is 6.85. The number of carboxylic acid groups (broad SMARTS) is 2. The Morgan fingerprint density at radius 2 is 0.909 bits per heavy atom. The van der Waals surface area contributed by atoms with Crippen molar-refractivity contribution in [1.29, 1.82) is 0 Å². The van der Waals surface area contributed by atoms with Crippen LogP contribution in [-0.2, 0) is 9.59 Å². The number of hydrogen-bond donors (Lipinski definition) is 2. The molecule has 0 saturated carbocycles. The van der Waals surface area contributed by atoms with Crippen LogP contribution in [0.4, 0.5) is 0 Å². The molecule has 0 atom stereocenters. The van der Waals surface area contributed by atoms with Crippen molar-refractivity contribution in [2.24, 2.45) is 0 Å². The Hall–Kier alpha value is -3.14. The zero-order chi connectivity index (χ0) is 16.5. The van der Waals surface area contributed by atoms with Crippen molar-refractivity contribution >= 4 is 23.1 Å². The fourth-order valence-corrected chi connectivity index (χ4v) is 1.53. The number of aliphatic carboxylic acids is 2. The second-order valence-electron chi connectivity index (χ2n) is 4.30. The topological polar surface area (TPSA) is 74.6 Å². The second-order valence-corrected chi connectivity index (χ2v) is 4.30. The van der Waals surface area contributed by atoms with Crippen LogP contribution < -0.4 is 0 Å². The van der Waals surface area contributed by atoms with Gasteiger partial charge in [-0.05, 0) is 11.1 Å². The third-order valence-electron chi connectivity index (χ3n) is 2.76. The molecular weight excluding hydrogens is 280 g/mol. The highest BCUT2D eigenvalue weighted by Gasteiger charge is 2.05. The van der Waals surface area contributed by atoms with Crippen LogP contribution in [-0.4, -0.2) is 22.2 Å². The van der Waals surface area contributed by atoms with Crippen LogP contribution in [0.5, 0.6) is 0 Å². The van der Waals surface area contributed by atoms with Gasteiger partial charge in [0, 0.05) is 0 Å². The Balaban J connectivity index is 0.000000220. The van der Waals surface area contributed by atoms with Crippen LogP contribution in [0, 0.1) is 0 Å². The van der Waals surface area contributed by atoms with E-state index in [2.05, 4.69) is 13.2 Å². The molecule has 0 bridgehead atoms. The average Bonchev–Trinajstić information content (AvgIpc) is 2.55. The molecule has 0 saturated heterocycles. The van der Waals surface area contributed by atoms with Gasteiger partial charge in [-0.15, -0.1) is 0 Å². The van der Waals surface area contributed by atoms with Gasteiger partial charge in [-0.2, -0.15) is 0 Å². The van der Waals surface area contributed by atoms with Crippen molar-refractivity contribution in [2.45, 2.75) is 0 Å². The molecule has 0 aliphatic rings. The zero-order valence-electron chi connectivity index (χ0n) is 11.9. The summed E-state index contributed by atoms with van der Waals surface area (Å²) in [5.41, 5.74) is 1.57. The number of hydrogen-bond acceptors (Lipinski definition) is 2. The molecule has 2 aromatic carbocycles. The minimum atomic E-state index is -0.976. The lowest BCUT2D eigenvalue weighted by Gasteiger charge is -1.97. The molecule has 0 spiro atoms. The molecule has 112 valence electrons. The summed E-state index contributed by atoms with van der Waals surface area (Å²) in [6, 6.07) is 17.7. The van der Waals surface area contributed by atoms with Crippen LogP contribution in [0.25, 0.3) is 11.1 Å². The molecule has 2 N–H and O–H groups in total. The predicted molar refractivity (Wildman–Crippen MR) is 86.2 cm³/mol. The van der Waals surface area contributed by atoms with Crippen molar-refractivity contribution < 1.29 is 19.8 Å². The quantitative estimate of drug-likeness (QED) is 0.846. The van der Waals surface area contributed by atoms with Gasteiger partial charge in [-0.3, -0.25) is 0 Å². The fraction of sp³-hybridized carbons (Fsp3) is 0. The van der Waals surface area contributed by atoms with E-state index in [1.807, 2.05) is 12.1 Å². The van der Waals surface area contributed by atoms with Gasteiger partial charge in [-0.25, -0.2) is 9.59 Å². The third kappa shape index (κ3) is 5.09. The summed E-state index contributed by atoms with van der Waals surface area (Å²) in [7, 11) is 0. The van der Waals surface area contributed by atoms with Gasteiger partial charge in [0.05, 0.1) is 11.1 Å². The first-order valence-corrected chi connectivity index (χ1v) is 6.38. The second kappa shape index (κ2) is 8.21. The van der Waals surface area contributed by atoms with Gasteiger partial charge in [-0.1, -0.05) is 73.8 Å². The average molecular weight is 296 g/mol. The van der Waals surface area contributed by atoms with Crippen molar-refractivity contribution in [3.8, 4) is 0 Å². The summed E-state index contributed by atoms with van der Waals surface area (Å²) in [6.07, 6.45) is 0. The Morgan fingerprint density at radius 3 is 1.14 bits per heavy atom. The first-order valence-electron chi connectivity index (χ1n) is 6.38. The number of carbonyl (C=O) groups is 2. The van der Waals surface area contributed by atoms with E-state index >= 15 is 0 Å². The van der Waals surface area contributed by atoms with E-state index in [0.717, 1.165) is 0 Å². The third-order valence-corrected chi connectivity index (χ3v) is 2.76. The highest BCUT2D eigenvalue weighted by atomic mass is 16.4. The SMILES string of the molecule is C=C(C(=O)O)c1ccccc1.C=C(C(=O)O)c1ccccc1. The smallest absolute Gasteiger partial charge is 0.335 e. The van der Waals surface area contributed by atoms with Crippen molar-refractivity contribution in [1.82, 2.24) is 0 Å². The normalized spacial score (nSPS) is 9.09. The molecule has 22 heavy (non-hydrogen) atoms. The van der Waals surface area contributed by atoms with Crippen LogP contribution in [0.2, 0.25) is 0 Å². The van der Waals surface area contributed by atoms with E-state index in [4.69, 9.17) is 10.2 Å². The summed E-state index contributed by atoms with van der Waals surface area (Å²) in [4.78, 5) is 20.8. The maximum atomic E-state index is 10.4. The molecule has 0 aliphatic heterocycles. The molecule has 0 radical (unpaired) electrons. The molecule has 2 aromatic rings. The van der Waals surface area contributed by atoms with Crippen LogP contribution >= 0.6 is 0 Å². The lowest BCUT2D eigenvalue weighted by molar-refractivity contribution is -0.131. The van der Waals surface area contributed by atoms with E-state index in [1.54, 1.807) is 48.5 Å². The molecule has 0 amide bonds. The standard InChI is InChI=1S/2C9H8O2/c2*1-7(9(10)11)8-5-3-2-4-6-8/h2*2-6H,1H2,(H,10,11). The maximum Gasteiger partial charge on any atom is 0.335 e. The molecule has 4 heteroatoms. The van der Waals surface area contributed by atoms with Gasteiger partial charge in [0.15, 0.2) is 0 Å². The minimum Gasteiger partial charge on any atom is -0.478 e. The number of benzene rings is 2. The Bertz CT molecular complexity index is 611. The first kappa shape index (κ1) is 16.9. The predicted octanol–water partition coefficient (Wildman–Crippen LogP) is 3.57. The van der Waals surface area contributed by atoms with E-state index in [9.17, 15) is 9.59 Å². The summed E-state index contributed by atoms with van der Waals surface area (Å²) in [5, 5.41) is 17.1. The van der Waals surface area contributed by atoms with Gasteiger partial charge >= 0.3 is 11.9 Å². The Kier molecular flexibility index (Phi) is 6.32. The van der Waals surface area contributed by atoms with Crippen LogP contribution in [0.3, 0.4) is 0 Å². The monoisotopic (exact) mass is 296 g/mol. The van der Waals surface area contributed by atoms with E-state index in [-0.39, 0.29) is 11.1 Å². The van der Waals surface area contributed by atoms with Gasteiger partial charge in [0.1, 0.15) is 0 Å². The van der Waals surface area contributed by atoms with E-state index in [1.165, 1.54) is 0 Å². The lowest BCUT2D eigenvalue weighted by atomic mass is 10.1. The molecule has 0 unspecified atom stereocenters. The minimum absolute atomic E-state index is 0.130. The van der Waals surface area contributed by atoms with Crippen molar-refractivity contribution in [3.05, 3.63) is 84.9 Å². The Labute approximate surface area is 128 Å². The van der Waals surface area contributed by atoms with E-state index < -0.39 is 11.9 Å². The van der Waals surface area contributed by atoms with Crippen molar-refractivity contribution in [3.63, 3.8) is 0 Å².